The van der Waals surface area contributed by atoms with Gasteiger partial charge in [-0.15, -0.1) is 0 Å². The quantitative estimate of drug-likeness (QED) is 0.374. The summed E-state index contributed by atoms with van der Waals surface area (Å²) in [5.41, 5.74) is 2.09. The lowest BCUT2D eigenvalue weighted by atomic mass is 9.90. The Morgan fingerprint density at radius 2 is 1.81 bits per heavy atom. The second-order valence-electron chi connectivity index (χ2n) is 11.3. The maximum Gasteiger partial charge on any atom is 0.410 e. The summed E-state index contributed by atoms with van der Waals surface area (Å²) >= 11 is 0. The zero-order valence-electron chi connectivity index (χ0n) is 22.3. The van der Waals surface area contributed by atoms with E-state index in [0.717, 1.165) is 49.8 Å². The van der Waals surface area contributed by atoms with Crippen molar-refractivity contribution in [1.82, 2.24) is 9.88 Å². The van der Waals surface area contributed by atoms with Crippen molar-refractivity contribution in [2.45, 2.75) is 83.8 Å². The average Bonchev–Trinajstić information content (AvgIpc) is 3.35. The van der Waals surface area contributed by atoms with Gasteiger partial charge >= 0.3 is 6.09 Å². The van der Waals surface area contributed by atoms with Gasteiger partial charge in [0.1, 0.15) is 18.0 Å². The predicted octanol–water partition coefficient (Wildman–Crippen LogP) is 6.49. The van der Waals surface area contributed by atoms with Gasteiger partial charge in [-0.05, 0) is 70.8 Å². The summed E-state index contributed by atoms with van der Waals surface area (Å²) in [5.74, 6) is 1.59. The number of pyridine rings is 1. The van der Waals surface area contributed by atoms with Crippen molar-refractivity contribution in [2.24, 2.45) is 5.92 Å². The third-order valence-electron chi connectivity index (χ3n) is 7.30. The molecule has 1 amide bonds. The number of ether oxygens (including phenoxy) is 2. The summed E-state index contributed by atoms with van der Waals surface area (Å²) in [7, 11) is 0. The molecule has 6 heteroatoms. The highest BCUT2D eigenvalue weighted by Crippen LogP contribution is 2.29. The third-order valence-corrected chi connectivity index (χ3v) is 7.30. The van der Waals surface area contributed by atoms with Gasteiger partial charge in [-0.2, -0.15) is 0 Å². The Morgan fingerprint density at radius 3 is 2.56 bits per heavy atom. The molecule has 0 saturated carbocycles. The molecule has 6 nitrogen and oxygen atoms in total. The number of nitrogens with zero attached hydrogens (tertiary/aromatic N) is 3. The molecule has 3 heterocycles. The summed E-state index contributed by atoms with van der Waals surface area (Å²) in [5, 5.41) is 0. The van der Waals surface area contributed by atoms with Gasteiger partial charge in [0.25, 0.3) is 0 Å². The fourth-order valence-corrected chi connectivity index (χ4v) is 5.31. The van der Waals surface area contributed by atoms with E-state index in [1.54, 1.807) is 6.20 Å². The minimum atomic E-state index is -0.487. The van der Waals surface area contributed by atoms with Crippen molar-refractivity contribution < 1.29 is 14.3 Å². The fourth-order valence-electron chi connectivity index (χ4n) is 5.31. The van der Waals surface area contributed by atoms with Crippen LogP contribution in [-0.4, -0.2) is 53.9 Å². The first-order valence-corrected chi connectivity index (χ1v) is 13.7. The normalized spacial score (nSPS) is 18.9. The van der Waals surface area contributed by atoms with E-state index in [-0.39, 0.29) is 12.1 Å². The summed E-state index contributed by atoms with van der Waals surface area (Å²) in [6.07, 6.45) is 13.0. The van der Waals surface area contributed by atoms with Crippen LogP contribution in [0.4, 0.5) is 10.5 Å². The maximum absolute atomic E-state index is 12.5. The average molecular weight is 494 g/mol. The van der Waals surface area contributed by atoms with Crippen LogP contribution in [0, 0.1) is 5.92 Å². The van der Waals surface area contributed by atoms with Crippen LogP contribution in [0.5, 0.6) is 5.75 Å². The van der Waals surface area contributed by atoms with E-state index in [1.165, 1.54) is 44.1 Å². The van der Waals surface area contributed by atoms with Crippen LogP contribution in [0.2, 0.25) is 0 Å². The van der Waals surface area contributed by atoms with Gasteiger partial charge in [-0.25, -0.2) is 4.79 Å². The highest BCUT2D eigenvalue weighted by atomic mass is 16.6. The van der Waals surface area contributed by atoms with E-state index in [2.05, 4.69) is 46.3 Å². The lowest BCUT2D eigenvalue weighted by Crippen LogP contribution is -2.42. The van der Waals surface area contributed by atoms with Crippen LogP contribution >= 0.6 is 0 Å². The van der Waals surface area contributed by atoms with Gasteiger partial charge in [0.15, 0.2) is 0 Å². The Kier molecular flexibility index (Phi) is 9.11. The predicted molar refractivity (Wildman–Crippen MR) is 145 cm³/mol. The molecule has 1 unspecified atom stereocenters. The molecular weight excluding hydrogens is 450 g/mol. The Hall–Kier alpha value is -2.76. The van der Waals surface area contributed by atoms with Gasteiger partial charge in [-0.1, -0.05) is 43.2 Å². The molecule has 2 aromatic rings. The van der Waals surface area contributed by atoms with Crippen molar-refractivity contribution in [3.63, 3.8) is 0 Å². The molecular formula is C30H43N3O3. The molecule has 2 saturated heterocycles. The zero-order chi connectivity index (χ0) is 25.4. The number of hydrogen-bond donors (Lipinski definition) is 0. The Morgan fingerprint density at radius 1 is 1.03 bits per heavy atom. The Balaban J connectivity index is 1.19. The standard InChI is InChI=1S/C30H43N3O3/c1-30(2,3)36-29(34)33-17-9-14-26(33)23-35-28-20-27(21-31-22-28)32-18-15-25(16-19-32)13-8-7-12-24-10-5-4-6-11-24/h4-6,10-11,20-22,25-26H,7-9,12-19,23H2,1-3H3. The summed E-state index contributed by atoms with van der Waals surface area (Å²) in [4.78, 5) is 21.2. The molecule has 0 aliphatic carbocycles. The van der Waals surface area contributed by atoms with Crippen LogP contribution in [0.3, 0.4) is 0 Å². The molecule has 0 spiro atoms. The molecule has 1 atom stereocenters. The number of anilines is 1. The van der Waals surface area contributed by atoms with Crippen molar-refractivity contribution in [1.29, 1.82) is 0 Å². The van der Waals surface area contributed by atoms with Crippen molar-refractivity contribution in [3.05, 3.63) is 54.4 Å². The number of benzene rings is 1. The van der Waals surface area contributed by atoms with Gasteiger partial charge in [0.05, 0.1) is 24.1 Å². The summed E-state index contributed by atoms with van der Waals surface area (Å²) in [6.45, 7) is 9.04. The number of aromatic nitrogens is 1. The third kappa shape index (κ3) is 7.87. The highest BCUT2D eigenvalue weighted by molar-refractivity contribution is 5.69. The van der Waals surface area contributed by atoms with E-state index in [1.807, 2.05) is 31.9 Å². The first kappa shape index (κ1) is 26.3. The first-order chi connectivity index (χ1) is 17.4. The van der Waals surface area contributed by atoms with E-state index in [9.17, 15) is 4.79 Å². The highest BCUT2D eigenvalue weighted by Gasteiger charge is 2.32. The molecule has 4 rings (SSSR count). The number of aryl methyl sites for hydroxylation is 1. The van der Waals surface area contributed by atoms with Crippen LogP contribution in [0.1, 0.15) is 71.3 Å². The number of carbonyl (C=O) groups excluding carboxylic acids is 1. The number of amides is 1. The molecule has 0 N–H and O–H groups in total. The second-order valence-corrected chi connectivity index (χ2v) is 11.3. The second kappa shape index (κ2) is 12.5. The molecule has 1 aromatic heterocycles. The number of likely N-dealkylation sites (tertiary alicyclic amines) is 1. The summed E-state index contributed by atoms with van der Waals surface area (Å²) < 4.78 is 11.7. The smallest absolute Gasteiger partial charge is 0.410 e. The molecule has 0 bridgehead atoms. The molecule has 36 heavy (non-hydrogen) atoms. The van der Waals surface area contributed by atoms with Crippen molar-refractivity contribution in [3.8, 4) is 5.75 Å². The van der Waals surface area contributed by atoms with E-state index < -0.39 is 5.60 Å². The molecule has 1 aromatic carbocycles. The number of carbonyl (C=O) groups is 1. The van der Waals surface area contributed by atoms with Gasteiger partial charge in [-0.3, -0.25) is 4.98 Å². The maximum atomic E-state index is 12.5. The Labute approximate surface area is 217 Å². The van der Waals surface area contributed by atoms with Crippen molar-refractivity contribution >= 4 is 11.8 Å². The van der Waals surface area contributed by atoms with Crippen LogP contribution in [-0.2, 0) is 11.2 Å². The van der Waals surface area contributed by atoms with E-state index >= 15 is 0 Å². The SMILES string of the molecule is CC(C)(C)OC(=O)N1CCCC1COc1cncc(N2CCC(CCCCc3ccccc3)CC2)c1. The number of piperidine rings is 1. The first-order valence-electron chi connectivity index (χ1n) is 13.7. The zero-order valence-corrected chi connectivity index (χ0v) is 22.3. The monoisotopic (exact) mass is 493 g/mol. The number of rotatable bonds is 9. The van der Waals surface area contributed by atoms with Gasteiger partial charge in [0.2, 0.25) is 0 Å². The number of unbranched alkanes of at least 4 members (excludes halogenated alkanes) is 1. The lowest BCUT2D eigenvalue weighted by molar-refractivity contribution is 0.0187. The minimum Gasteiger partial charge on any atom is -0.490 e. The lowest BCUT2D eigenvalue weighted by Gasteiger charge is -2.33. The number of hydrogen-bond acceptors (Lipinski definition) is 5. The molecule has 2 fully saturated rings. The minimum absolute atomic E-state index is 0.0427. The van der Waals surface area contributed by atoms with Crippen molar-refractivity contribution in [2.75, 3.05) is 31.1 Å². The van der Waals surface area contributed by atoms with Crippen LogP contribution in [0.25, 0.3) is 0 Å². The van der Waals surface area contributed by atoms with Gasteiger partial charge < -0.3 is 19.3 Å². The molecule has 0 radical (unpaired) electrons. The Bertz CT molecular complexity index is 951. The van der Waals surface area contributed by atoms with Crippen LogP contribution in [0.15, 0.2) is 48.8 Å². The van der Waals surface area contributed by atoms with Crippen LogP contribution < -0.4 is 9.64 Å². The molecule has 196 valence electrons. The summed E-state index contributed by atoms with van der Waals surface area (Å²) in [6, 6.07) is 13.0. The van der Waals surface area contributed by atoms with E-state index in [4.69, 9.17) is 9.47 Å². The van der Waals surface area contributed by atoms with E-state index in [0.29, 0.717) is 6.61 Å². The van der Waals surface area contributed by atoms with Gasteiger partial charge in [0, 0.05) is 25.7 Å². The molecule has 2 aliphatic heterocycles. The molecule has 2 aliphatic rings. The largest absolute Gasteiger partial charge is 0.490 e. The topological polar surface area (TPSA) is 54.9 Å². The fraction of sp³-hybridized carbons (Fsp3) is 0.600.